The molecule has 0 radical (unpaired) electrons. The summed E-state index contributed by atoms with van der Waals surface area (Å²) in [6.07, 6.45) is 2.02. The summed E-state index contributed by atoms with van der Waals surface area (Å²) < 4.78 is 19.0. The summed E-state index contributed by atoms with van der Waals surface area (Å²) in [4.78, 5) is 9.28. The first-order valence-electron chi connectivity index (χ1n) is 5.22. The molecule has 1 aliphatic heterocycles. The van der Waals surface area contributed by atoms with Gasteiger partial charge in [0, 0.05) is 13.7 Å². The normalized spacial score (nSPS) is 24.7. The van der Waals surface area contributed by atoms with Crippen LogP contribution >= 0.6 is 0 Å². The number of nitrogen functional groups attached to an aromatic ring is 1. The minimum absolute atomic E-state index is 0.0700. The molecule has 0 aromatic carbocycles. The molecule has 1 aromatic heterocycles. The van der Waals surface area contributed by atoms with Crippen molar-refractivity contribution in [1.82, 2.24) is 9.97 Å². The molecule has 0 amide bonds. The number of likely N-dealkylation sites (N-methyl/N-ethyl adjacent to an activating group) is 1. The Balaban J connectivity index is 2.25. The van der Waals surface area contributed by atoms with Gasteiger partial charge in [0.05, 0.1) is 18.3 Å². The number of rotatable bonds is 2. The highest BCUT2D eigenvalue weighted by Gasteiger charge is 2.30. The SMILES string of the molecule is CC1OCCC1N(C)c1nc(N)ncc1F. The van der Waals surface area contributed by atoms with Gasteiger partial charge in [0.2, 0.25) is 5.95 Å². The summed E-state index contributed by atoms with van der Waals surface area (Å²) in [6, 6.07) is 0.129. The van der Waals surface area contributed by atoms with Gasteiger partial charge < -0.3 is 15.4 Å². The molecule has 0 saturated carbocycles. The summed E-state index contributed by atoms with van der Waals surface area (Å²) in [5, 5.41) is 0. The lowest BCUT2D eigenvalue weighted by Gasteiger charge is -2.27. The van der Waals surface area contributed by atoms with Gasteiger partial charge in [-0.3, -0.25) is 0 Å². The Morgan fingerprint density at radius 2 is 2.38 bits per heavy atom. The molecule has 2 atom stereocenters. The number of halogens is 1. The van der Waals surface area contributed by atoms with Crippen LogP contribution in [0.4, 0.5) is 16.2 Å². The quantitative estimate of drug-likeness (QED) is 0.808. The molecule has 1 saturated heterocycles. The molecule has 0 aliphatic carbocycles. The zero-order chi connectivity index (χ0) is 11.7. The summed E-state index contributed by atoms with van der Waals surface area (Å²) in [5.41, 5.74) is 5.45. The molecule has 2 unspecified atom stereocenters. The molecule has 2 heterocycles. The van der Waals surface area contributed by atoms with Crippen LogP contribution in [0.3, 0.4) is 0 Å². The predicted molar refractivity (Wildman–Crippen MR) is 58.6 cm³/mol. The molecule has 2 N–H and O–H groups in total. The Hall–Kier alpha value is -1.43. The van der Waals surface area contributed by atoms with Crippen LogP contribution in [0.5, 0.6) is 0 Å². The topological polar surface area (TPSA) is 64.3 Å². The Labute approximate surface area is 93.4 Å². The molecule has 2 rings (SSSR count). The van der Waals surface area contributed by atoms with Gasteiger partial charge in [-0.05, 0) is 13.3 Å². The van der Waals surface area contributed by atoms with Gasteiger partial charge in [-0.15, -0.1) is 0 Å². The van der Waals surface area contributed by atoms with Crippen molar-refractivity contribution in [3.63, 3.8) is 0 Å². The minimum atomic E-state index is -0.462. The van der Waals surface area contributed by atoms with E-state index in [0.29, 0.717) is 6.61 Å². The van der Waals surface area contributed by atoms with Gasteiger partial charge in [0.1, 0.15) is 0 Å². The Morgan fingerprint density at radius 1 is 1.62 bits per heavy atom. The van der Waals surface area contributed by atoms with E-state index in [1.807, 2.05) is 6.92 Å². The second-order valence-electron chi connectivity index (χ2n) is 3.94. The van der Waals surface area contributed by atoms with E-state index >= 15 is 0 Å². The zero-order valence-corrected chi connectivity index (χ0v) is 9.35. The fourth-order valence-corrected chi connectivity index (χ4v) is 2.00. The molecule has 1 aromatic rings. The Morgan fingerprint density at radius 3 is 3.00 bits per heavy atom. The summed E-state index contributed by atoms with van der Waals surface area (Å²) >= 11 is 0. The average Bonchev–Trinajstić information content (AvgIpc) is 2.67. The lowest BCUT2D eigenvalue weighted by Crippen LogP contribution is -2.38. The second kappa shape index (κ2) is 4.21. The van der Waals surface area contributed by atoms with Crippen LogP contribution in [0.2, 0.25) is 0 Å². The summed E-state index contributed by atoms with van der Waals surface area (Å²) in [6.45, 7) is 2.66. The standard InChI is InChI=1S/C10H15FN4O/c1-6-8(3-4-16-6)15(2)9-7(11)5-13-10(12)14-9/h5-6,8H,3-4H2,1-2H3,(H2,12,13,14). The predicted octanol–water partition coefficient (Wildman–Crippen LogP) is 0.811. The van der Waals surface area contributed by atoms with Crippen LogP contribution in [0, 0.1) is 5.82 Å². The van der Waals surface area contributed by atoms with Gasteiger partial charge in [0.15, 0.2) is 11.6 Å². The number of ether oxygens (including phenoxy) is 1. The zero-order valence-electron chi connectivity index (χ0n) is 9.35. The van der Waals surface area contributed by atoms with E-state index in [-0.39, 0.29) is 23.9 Å². The van der Waals surface area contributed by atoms with E-state index in [2.05, 4.69) is 9.97 Å². The van der Waals surface area contributed by atoms with Crippen LogP contribution in [-0.4, -0.2) is 35.8 Å². The Kier molecular flexibility index (Phi) is 2.91. The van der Waals surface area contributed by atoms with E-state index in [4.69, 9.17) is 10.5 Å². The van der Waals surface area contributed by atoms with Crippen molar-refractivity contribution in [2.45, 2.75) is 25.5 Å². The summed E-state index contributed by atoms with van der Waals surface area (Å²) in [5.74, 6) is -0.152. The van der Waals surface area contributed by atoms with E-state index in [1.165, 1.54) is 0 Å². The van der Waals surface area contributed by atoms with Gasteiger partial charge in [-0.1, -0.05) is 0 Å². The molecule has 0 bridgehead atoms. The molecule has 6 heteroatoms. The maximum Gasteiger partial charge on any atom is 0.222 e. The number of aromatic nitrogens is 2. The van der Waals surface area contributed by atoms with E-state index in [9.17, 15) is 4.39 Å². The third kappa shape index (κ3) is 1.92. The van der Waals surface area contributed by atoms with Crippen molar-refractivity contribution >= 4 is 11.8 Å². The number of hydrogen-bond donors (Lipinski definition) is 1. The molecular weight excluding hydrogens is 211 g/mol. The fraction of sp³-hybridized carbons (Fsp3) is 0.600. The smallest absolute Gasteiger partial charge is 0.222 e. The lowest BCUT2D eigenvalue weighted by molar-refractivity contribution is 0.118. The molecular formula is C10H15FN4O. The van der Waals surface area contributed by atoms with Crippen LogP contribution in [-0.2, 0) is 4.74 Å². The molecule has 1 fully saturated rings. The minimum Gasteiger partial charge on any atom is -0.376 e. The number of hydrogen-bond acceptors (Lipinski definition) is 5. The third-order valence-electron chi connectivity index (χ3n) is 2.91. The van der Waals surface area contributed by atoms with Crippen LogP contribution < -0.4 is 10.6 Å². The molecule has 0 spiro atoms. The van der Waals surface area contributed by atoms with Crippen LogP contribution in [0.25, 0.3) is 0 Å². The molecule has 5 nitrogen and oxygen atoms in total. The van der Waals surface area contributed by atoms with Gasteiger partial charge in [0.25, 0.3) is 0 Å². The Bertz CT molecular complexity index is 387. The molecule has 1 aliphatic rings. The van der Waals surface area contributed by atoms with Crippen molar-refractivity contribution < 1.29 is 9.13 Å². The van der Waals surface area contributed by atoms with Gasteiger partial charge in [-0.2, -0.15) is 4.98 Å². The van der Waals surface area contributed by atoms with Crippen molar-refractivity contribution in [3.05, 3.63) is 12.0 Å². The highest BCUT2D eigenvalue weighted by molar-refractivity contribution is 5.43. The summed E-state index contributed by atoms with van der Waals surface area (Å²) in [7, 11) is 1.79. The first-order chi connectivity index (χ1) is 7.59. The maximum absolute atomic E-state index is 13.5. The number of anilines is 2. The lowest BCUT2D eigenvalue weighted by atomic mass is 10.1. The van der Waals surface area contributed by atoms with Crippen LogP contribution in [0.15, 0.2) is 6.20 Å². The van der Waals surface area contributed by atoms with Crippen molar-refractivity contribution in [1.29, 1.82) is 0 Å². The molecule has 88 valence electrons. The third-order valence-corrected chi connectivity index (χ3v) is 2.91. The second-order valence-corrected chi connectivity index (χ2v) is 3.94. The maximum atomic E-state index is 13.5. The van der Waals surface area contributed by atoms with E-state index in [1.54, 1.807) is 11.9 Å². The van der Waals surface area contributed by atoms with E-state index < -0.39 is 5.82 Å². The number of nitrogens with two attached hydrogens (primary N) is 1. The van der Waals surface area contributed by atoms with Crippen molar-refractivity contribution in [2.75, 3.05) is 24.3 Å². The first kappa shape index (κ1) is 11.1. The number of nitrogens with zero attached hydrogens (tertiary/aromatic N) is 3. The monoisotopic (exact) mass is 226 g/mol. The fourth-order valence-electron chi connectivity index (χ4n) is 2.00. The van der Waals surface area contributed by atoms with Gasteiger partial charge in [-0.25, -0.2) is 9.37 Å². The van der Waals surface area contributed by atoms with Crippen LogP contribution in [0.1, 0.15) is 13.3 Å². The van der Waals surface area contributed by atoms with Gasteiger partial charge >= 0.3 is 0 Å². The van der Waals surface area contributed by atoms with Crippen molar-refractivity contribution in [3.8, 4) is 0 Å². The largest absolute Gasteiger partial charge is 0.376 e. The first-order valence-corrected chi connectivity index (χ1v) is 5.22. The molecule has 16 heavy (non-hydrogen) atoms. The highest BCUT2D eigenvalue weighted by Crippen LogP contribution is 2.24. The van der Waals surface area contributed by atoms with E-state index in [0.717, 1.165) is 12.6 Å². The average molecular weight is 226 g/mol. The van der Waals surface area contributed by atoms with Crippen molar-refractivity contribution in [2.24, 2.45) is 0 Å². The highest BCUT2D eigenvalue weighted by atomic mass is 19.1.